The van der Waals surface area contributed by atoms with Crippen molar-refractivity contribution in [1.29, 1.82) is 0 Å². The Bertz CT molecular complexity index is 1150. The highest BCUT2D eigenvalue weighted by molar-refractivity contribution is 5.92. The number of hydroxylamine groups is 2. The number of rotatable bonds is 3. The first-order valence-electron chi connectivity index (χ1n) is 10.2. The summed E-state index contributed by atoms with van der Waals surface area (Å²) < 4.78 is 84.6. The monoisotopic (exact) mass is 526 g/mol. The summed E-state index contributed by atoms with van der Waals surface area (Å²) in [6.45, 7) is -0.100. The van der Waals surface area contributed by atoms with E-state index in [2.05, 4.69) is 9.98 Å². The van der Waals surface area contributed by atoms with Crippen molar-refractivity contribution in [3.05, 3.63) is 34.9 Å². The van der Waals surface area contributed by atoms with E-state index < -0.39 is 83.6 Å². The smallest absolute Gasteiger partial charge is 0.417 e. The lowest BCUT2D eigenvalue weighted by Gasteiger charge is -2.51. The van der Waals surface area contributed by atoms with Crippen LogP contribution in [-0.2, 0) is 17.1 Å². The molecular weight excluding hydrogens is 506 g/mol. The molecular formula is C19H20F6N6O5. The zero-order valence-corrected chi connectivity index (χ0v) is 18.2. The van der Waals surface area contributed by atoms with E-state index in [4.69, 9.17) is 16.2 Å². The van der Waals surface area contributed by atoms with Gasteiger partial charge >= 0.3 is 18.3 Å². The molecule has 3 aliphatic rings. The quantitative estimate of drug-likeness (QED) is 0.271. The number of nitrogens with zero attached hydrogens (tertiary/aromatic N) is 4. The number of esters is 1. The molecule has 1 fully saturated rings. The molecule has 1 aromatic carbocycles. The van der Waals surface area contributed by atoms with Gasteiger partial charge in [-0.05, 0) is 25.1 Å². The third-order valence-electron chi connectivity index (χ3n) is 6.60. The molecule has 0 bridgehead atoms. The van der Waals surface area contributed by atoms with Gasteiger partial charge in [-0.2, -0.15) is 31.4 Å². The third kappa shape index (κ3) is 3.44. The molecule has 0 amide bonds. The highest BCUT2D eigenvalue weighted by Crippen LogP contribution is 2.50. The second kappa shape index (κ2) is 7.84. The lowest BCUT2D eigenvalue weighted by Crippen LogP contribution is -2.76. The van der Waals surface area contributed by atoms with E-state index in [1.54, 1.807) is 0 Å². The van der Waals surface area contributed by atoms with Gasteiger partial charge < -0.3 is 31.3 Å². The standard InChI is InChI=1S/C19H20F6N6O5/c1-16(34)11(5-30-14(26)28-10(6-32)12-17(16,30)31(35)15(27)29-12)36-13(33)8-3-2-7(18(20,21)22)4-9(8)19(23,24)25/h2-4,10-12,32,34-35H,5-6H2,1H3,(H2,26,28)(H2,27,29)/t10?,11-,12?,16-,17?/m0/s1. The number of carbonyl (C=O) groups excluding carboxylic acids is 1. The lowest BCUT2D eigenvalue weighted by atomic mass is 9.79. The van der Waals surface area contributed by atoms with Crippen molar-refractivity contribution in [2.75, 3.05) is 13.2 Å². The van der Waals surface area contributed by atoms with Crippen molar-refractivity contribution < 1.29 is 51.3 Å². The van der Waals surface area contributed by atoms with Crippen LogP contribution in [0.15, 0.2) is 28.2 Å². The number of ether oxygens (including phenoxy) is 1. The Morgan fingerprint density at radius 1 is 1.17 bits per heavy atom. The summed E-state index contributed by atoms with van der Waals surface area (Å²) in [6, 6.07) is -1.98. The number of benzene rings is 1. The van der Waals surface area contributed by atoms with Crippen LogP contribution < -0.4 is 11.5 Å². The molecule has 0 radical (unpaired) electrons. The number of aliphatic imine (C=N–C) groups is 2. The number of hydrogen-bond donors (Lipinski definition) is 5. The molecule has 1 aromatic rings. The molecule has 36 heavy (non-hydrogen) atoms. The minimum atomic E-state index is -5.35. The van der Waals surface area contributed by atoms with E-state index in [0.29, 0.717) is 11.1 Å². The molecule has 0 aromatic heterocycles. The number of aliphatic hydroxyl groups excluding tert-OH is 1. The molecule has 3 heterocycles. The fourth-order valence-corrected chi connectivity index (χ4v) is 4.92. The summed E-state index contributed by atoms with van der Waals surface area (Å²) in [5.41, 5.74) is 2.46. The summed E-state index contributed by atoms with van der Waals surface area (Å²) in [5, 5.41) is 32.3. The maximum Gasteiger partial charge on any atom is 0.417 e. The van der Waals surface area contributed by atoms with Crippen LogP contribution in [-0.4, -0.2) is 85.9 Å². The summed E-state index contributed by atoms with van der Waals surface area (Å²) >= 11 is 0. The first-order chi connectivity index (χ1) is 16.5. The van der Waals surface area contributed by atoms with Crippen LogP contribution in [0, 0.1) is 0 Å². The SMILES string of the molecule is C[C@]1(O)[C@@H](OC(=O)c2ccc(C(F)(F)F)cc2C(F)(F)F)CN2C(N)=NC(CO)C3N=C(N)N(O)C321. The van der Waals surface area contributed by atoms with Gasteiger partial charge in [0.2, 0.25) is 11.6 Å². The van der Waals surface area contributed by atoms with Crippen molar-refractivity contribution in [3.63, 3.8) is 0 Å². The molecule has 0 aliphatic carbocycles. The second-order valence-electron chi connectivity index (χ2n) is 8.62. The van der Waals surface area contributed by atoms with Crippen LogP contribution >= 0.6 is 0 Å². The molecule has 11 nitrogen and oxygen atoms in total. The minimum absolute atomic E-state index is 0.223. The number of halogens is 6. The number of alkyl halides is 6. The maximum absolute atomic E-state index is 13.5. The fourth-order valence-electron chi connectivity index (χ4n) is 4.92. The molecule has 3 aliphatic heterocycles. The Morgan fingerprint density at radius 3 is 2.36 bits per heavy atom. The van der Waals surface area contributed by atoms with Crippen molar-refractivity contribution >= 4 is 17.9 Å². The molecule has 4 rings (SSSR count). The van der Waals surface area contributed by atoms with E-state index in [9.17, 15) is 46.6 Å². The zero-order valence-electron chi connectivity index (χ0n) is 18.2. The van der Waals surface area contributed by atoms with E-state index >= 15 is 0 Å². The van der Waals surface area contributed by atoms with Crippen LogP contribution in [0.4, 0.5) is 26.3 Å². The minimum Gasteiger partial charge on any atom is -0.454 e. The van der Waals surface area contributed by atoms with Gasteiger partial charge in [-0.15, -0.1) is 0 Å². The van der Waals surface area contributed by atoms with Crippen LogP contribution in [0.2, 0.25) is 0 Å². The fraction of sp³-hybridized carbons (Fsp3) is 0.526. The van der Waals surface area contributed by atoms with Crippen LogP contribution in [0.5, 0.6) is 0 Å². The molecule has 5 atom stereocenters. The van der Waals surface area contributed by atoms with E-state index in [0.717, 1.165) is 11.8 Å². The van der Waals surface area contributed by atoms with Gasteiger partial charge in [0.1, 0.15) is 17.7 Å². The Morgan fingerprint density at radius 2 is 1.81 bits per heavy atom. The van der Waals surface area contributed by atoms with Crippen LogP contribution in [0.3, 0.4) is 0 Å². The molecule has 7 N–H and O–H groups in total. The molecule has 0 saturated carbocycles. The van der Waals surface area contributed by atoms with E-state index in [-0.39, 0.29) is 18.1 Å². The summed E-state index contributed by atoms with van der Waals surface area (Å²) in [5.74, 6) is -2.54. The predicted octanol–water partition coefficient (Wildman–Crippen LogP) is 0.0898. The molecule has 1 spiro atoms. The van der Waals surface area contributed by atoms with Crippen molar-refractivity contribution in [2.24, 2.45) is 21.5 Å². The van der Waals surface area contributed by atoms with Gasteiger partial charge in [-0.25, -0.2) is 14.8 Å². The maximum atomic E-state index is 13.5. The first kappa shape index (κ1) is 25.8. The van der Waals surface area contributed by atoms with Gasteiger partial charge in [0, 0.05) is 0 Å². The van der Waals surface area contributed by atoms with Gasteiger partial charge in [0.15, 0.2) is 12.1 Å². The third-order valence-corrected chi connectivity index (χ3v) is 6.60. The van der Waals surface area contributed by atoms with E-state index in [1.807, 2.05) is 0 Å². The highest BCUT2D eigenvalue weighted by atomic mass is 19.4. The molecule has 198 valence electrons. The van der Waals surface area contributed by atoms with Gasteiger partial charge in [-0.3, -0.25) is 5.21 Å². The summed E-state index contributed by atoms with van der Waals surface area (Å²) in [7, 11) is 0. The Hall–Kier alpha value is -3.31. The average Bonchev–Trinajstić information content (AvgIpc) is 3.17. The highest BCUT2D eigenvalue weighted by Gasteiger charge is 2.75. The van der Waals surface area contributed by atoms with Crippen LogP contribution in [0.1, 0.15) is 28.4 Å². The summed E-state index contributed by atoms with van der Waals surface area (Å²) in [6.07, 6.45) is -12.2. The second-order valence-corrected chi connectivity index (χ2v) is 8.62. The number of carbonyl (C=O) groups is 1. The van der Waals surface area contributed by atoms with Crippen LogP contribution in [0.25, 0.3) is 0 Å². The Labute approximate surface area is 198 Å². The van der Waals surface area contributed by atoms with E-state index in [1.165, 1.54) is 0 Å². The number of nitrogens with two attached hydrogens (primary N) is 2. The van der Waals surface area contributed by atoms with Crippen molar-refractivity contribution in [3.8, 4) is 0 Å². The molecule has 3 unspecified atom stereocenters. The van der Waals surface area contributed by atoms with Crippen molar-refractivity contribution in [1.82, 2.24) is 9.96 Å². The number of hydrogen-bond acceptors (Lipinski definition) is 11. The first-order valence-corrected chi connectivity index (χ1v) is 10.2. The number of guanidine groups is 2. The summed E-state index contributed by atoms with van der Waals surface area (Å²) in [4.78, 5) is 21.9. The normalized spacial score (nSPS) is 32.1. The lowest BCUT2D eigenvalue weighted by molar-refractivity contribution is -0.228. The van der Waals surface area contributed by atoms with Gasteiger partial charge in [-0.1, -0.05) is 0 Å². The zero-order chi connectivity index (χ0) is 27.0. The predicted molar refractivity (Wildman–Crippen MR) is 107 cm³/mol. The van der Waals surface area contributed by atoms with Crippen molar-refractivity contribution in [2.45, 2.75) is 48.7 Å². The Balaban J connectivity index is 1.73. The van der Waals surface area contributed by atoms with Gasteiger partial charge in [0.25, 0.3) is 0 Å². The topological polar surface area (TPSA) is 170 Å². The Kier molecular flexibility index (Phi) is 5.62. The average molecular weight is 526 g/mol. The molecule has 17 heteroatoms. The molecule has 1 saturated heterocycles. The van der Waals surface area contributed by atoms with Gasteiger partial charge in [0.05, 0.1) is 29.8 Å². The largest absolute Gasteiger partial charge is 0.454 e. The number of aliphatic hydroxyl groups is 2.